The molecule has 2 aliphatic carbocycles. The summed E-state index contributed by atoms with van der Waals surface area (Å²) in [6.45, 7) is 0.707. The number of allylic oxidation sites excluding steroid dienone is 1. The Labute approximate surface area is 218 Å². The van der Waals surface area contributed by atoms with Crippen molar-refractivity contribution in [3.05, 3.63) is 100 Å². The summed E-state index contributed by atoms with van der Waals surface area (Å²) in [6.07, 6.45) is 1.56. The fourth-order valence-electron chi connectivity index (χ4n) is 5.84. The summed E-state index contributed by atoms with van der Waals surface area (Å²) in [6, 6.07) is 20.7. The monoisotopic (exact) mass is 511 g/mol. The first-order valence-electron chi connectivity index (χ1n) is 12.9. The van der Waals surface area contributed by atoms with E-state index in [1.54, 1.807) is 6.07 Å². The lowest BCUT2D eigenvalue weighted by Gasteiger charge is -2.34. The van der Waals surface area contributed by atoms with Crippen LogP contribution < -0.4 is 4.74 Å². The molecular formula is C31H24F3N3O. The van der Waals surface area contributed by atoms with Gasteiger partial charge in [-0.2, -0.15) is 5.26 Å². The topological polar surface area (TPSA) is 50.8 Å². The highest BCUT2D eigenvalue weighted by Gasteiger charge is 2.48. The fraction of sp³-hybridized carbons (Fsp3) is 0.290. The van der Waals surface area contributed by atoms with E-state index in [1.165, 1.54) is 12.1 Å². The molecule has 0 unspecified atom stereocenters. The van der Waals surface area contributed by atoms with E-state index in [9.17, 15) is 18.4 Å². The first kappa shape index (κ1) is 23.1. The highest BCUT2D eigenvalue weighted by Crippen LogP contribution is 2.49. The third-order valence-electron chi connectivity index (χ3n) is 7.89. The molecule has 1 aliphatic heterocycles. The zero-order valence-electron chi connectivity index (χ0n) is 20.6. The molecule has 4 aromatic rings. The normalized spacial score (nSPS) is 19.5. The van der Waals surface area contributed by atoms with Gasteiger partial charge in [0.05, 0.1) is 17.1 Å². The van der Waals surface area contributed by atoms with Gasteiger partial charge < -0.3 is 9.30 Å². The highest BCUT2D eigenvalue weighted by molar-refractivity contribution is 5.89. The van der Waals surface area contributed by atoms with Crippen molar-refractivity contribution >= 4 is 16.6 Å². The molecule has 0 spiro atoms. The van der Waals surface area contributed by atoms with Crippen LogP contribution in [0.15, 0.2) is 66.2 Å². The number of ether oxygens (including phenoxy) is 1. The zero-order valence-corrected chi connectivity index (χ0v) is 20.6. The number of para-hydroxylation sites is 2. The molecule has 0 saturated heterocycles. The summed E-state index contributed by atoms with van der Waals surface area (Å²) in [5, 5.41) is 10.1. The number of fused-ring (bicyclic) bond motifs is 3. The summed E-state index contributed by atoms with van der Waals surface area (Å²) in [4.78, 5) is 4.73. The van der Waals surface area contributed by atoms with Crippen molar-refractivity contribution in [1.29, 1.82) is 5.26 Å². The predicted molar refractivity (Wildman–Crippen MR) is 137 cm³/mol. The average molecular weight is 512 g/mol. The Morgan fingerprint density at radius 1 is 1.05 bits per heavy atom. The van der Waals surface area contributed by atoms with Gasteiger partial charge in [-0.1, -0.05) is 24.3 Å². The van der Waals surface area contributed by atoms with Crippen molar-refractivity contribution in [2.45, 2.75) is 50.7 Å². The van der Waals surface area contributed by atoms with Crippen LogP contribution in [-0.2, 0) is 13.2 Å². The zero-order chi connectivity index (χ0) is 26.0. The van der Waals surface area contributed by atoms with E-state index in [0.29, 0.717) is 23.7 Å². The Bertz CT molecular complexity index is 1670. The van der Waals surface area contributed by atoms with Crippen LogP contribution in [0.25, 0.3) is 16.6 Å². The number of imidazole rings is 1. The van der Waals surface area contributed by atoms with Crippen LogP contribution in [0.5, 0.6) is 5.75 Å². The van der Waals surface area contributed by atoms with Gasteiger partial charge in [0.15, 0.2) is 0 Å². The van der Waals surface area contributed by atoms with Crippen LogP contribution in [0.2, 0.25) is 0 Å². The Kier molecular flexibility index (Phi) is 5.16. The number of hydrogen-bond acceptors (Lipinski definition) is 3. The molecule has 3 aliphatic rings. The minimum absolute atomic E-state index is 0.185. The minimum Gasteiger partial charge on any atom is -0.488 e. The first-order chi connectivity index (χ1) is 18.4. The van der Waals surface area contributed by atoms with Gasteiger partial charge in [-0.05, 0) is 65.8 Å². The molecule has 0 amide bonds. The van der Waals surface area contributed by atoms with Gasteiger partial charge in [0.25, 0.3) is 0 Å². The number of nitrogens with zero attached hydrogens (tertiary/aromatic N) is 3. The van der Waals surface area contributed by atoms with Gasteiger partial charge >= 0.3 is 0 Å². The van der Waals surface area contributed by atoms with Gasteiger partial charge in [-0.25, -0.2) is 18.2 Å². The van der Waals surface area contributed by atoms with Crippen molar-refractivity contribution in [1.82, 2.24) is 9.55 Å². The van der Waals surface area contributed by atoms with Gasteiger partial charge in [0.1, 0.15) is 24.0 Å². The molecule has 3 aromatic carbocycles. The van der Waals surface area contributed by atoms with E-state index in [1.807, 2.05) is 47.0 Å². The van der Waals surface area contributed by atoms with Crippen LogP contribution in [0, 0.1) is 23.1 Å². The van der Waals surface area contributed by atoms with Crippen molar-refractivity contribution < 1.29 is 17.9 Å². The molecule has 2 heterocycles. The Morgan fingerprint density at radius 3 is 2.61 bits per heavy atom. The van der Waals surface area contributed by atoms with E-state index in [2.05, 4.69) is 6.07 Å². The maximum Gasteiger partial charge on any atom is 0.249 e. The fourth-order valence-corrected chi connectivity index (χ4v) is 5.84. The second kappa shape index (κ2) is 8.49. The maximum atomic E-state index is 14.1. The van der Waals surface area contributed by atoms with E-state index in [-0.39, 0.29) is 37.1 Å². The second-order valence-electron chi connectivity index (χ2n) is 10.6. The molecule has 1 aromatic heterocycles. The number of halogens is 3. The number of nitriles is 1. The molecule has 0 N–H and O–H groups in total. The van der Waals surface area contributed by atoms with Gasteiger partial charge in [-0.15, -0.1) is 0 Å². The minimum atomic E-state index is -2.63. The van der Waals surface area contributed by atoms with Crippen LogP contribution in [-0.4, -0.2) is 15.5 Å². The number of hydrogen-bond donors (Lipinski definition) is 0. The SMILES string of the molecule is N#CC(=C1c2ccc(Cn3c(C4CC(F)(F)C4)nc4ccccc43)cc2COc2cc(F)ccc21)C1CC1. The summed E-state index contributed by atoms with van der Waals surface area (Å²) in [7, 11) is 0. The third kappa shape index (κ3) is 3.87. The number of benzene rings is 3. The van der Waals surface area contributed by atoms with Crippen LogP contribution in [0.4, 0.5) is 13.2 Å². The molecule has 7 rings (SSSR count). The van der Waals surface area contributed by atoms with E-state index in [4.69, 9.17) is 9.72 Å². The third-order valence-corrected chi connectivity index (χ3v) is 7.89. The van der Waals surface area contributed by atoms with Gasteiger partial charge in [0.2, 0.25) is 5.92 Å². The Hall–Kier alpha value is -4.05. The summed E-state index contributed by atoms with van der Waals surface area (Å²) < 4.78 is 49.7. The Morgan fingerprint density at radius 2 is 1.84 bits per heavy atom. The molecule has 4 nitrogen and oxygen atoms in total. The van der Waals surface area contributed by atoms with Crippen molar-refractivity contribution in [2.75, 3.05) is 0 Å². The summed E-state index contributed by atoms with van der Waals surface area (Å²) >= 11 is 0. The number of aromatic nitrogens is 2. The maximum absolute atomic E-state index is 14.1. The van der Waals surface area contributed by atoms with E-state index >= 15 is 0 Å². The van der Waals surface area contributed by atoms with E-state index in [0.717, 1.165) is 51.7 Å². The molecule has 190 valence electrons. The standard InChI is InChI=1S/C31H24F3N3O/c32-22-8-10-24-28(12-22)38-17-20-11-18(5-9-23(20)29(24)25(15-35)19-6-7-19)16-37-27-4-2-1-3-26(27)36-30(37)21-13-31(33,34)14-21/h1-5,8-12,19,21H,6-7,13-14,16-17H2. The number of alkyl halides is 2. The Balaban J connectivity index is 1.32. The lowest BCUT2D eigenvalue weighted by Crippen LogP contribution is -2.35. The second-order valence-corrected chi connectivity index (χ2v) is 10.6. The van der Waals surface area contributed by atoms with E-state index < -0.39 is 5.92 Å². The molecule has 0 bridgehead atoms. The predicted octanol–water partition coefficient (Wildman–Crippen LogP) is 7.36. The highest BCUT2D eigenvalue weighted by atomic mass is 19.3. The summed E-state index contributed by atoms with van der Waals surface area (Å²) in [5.41, 5.74) is 6.76. The van der Waals surface area contributed by atoms with Gasteiger partial charge in [-0.3, -0.25) is 0 Å². The lowest BCUT2D eigenvalue weighted by atomic mass is 9.80. The molecule has 0 atom stereocenters. The van der Waals surface area contributed by atoms with Crippen molar-refractivity contribution in [2.24, 2.45) is 5.92 Å². The summed E-state index contributed by atoms with van der Waals surface area (Å²) in [5.74, 6) is -1.98. The van der Waals surface area contributed by atoms with Crippen LogP contribution >= 0.6 is 0 Å². The molecule has 2 fully saturated rings. The van der Waals surface area contributed by atoms with Gasteiger partial charge in [0, 0.05) is 48.1 Å². The molecular weight excluding hydrogens is 487 g/mol. The van der Waals surface area contributed by atoms with Crippen molar-refractivity contribution in [3.8, 4) is 11.8 Å². The molecule has 7 heteroatoms. The quantitative estimate of drug-likeness (QED) is 0.269. The van der Waals surface area contributed by atoms with Crippen molar-refractivity contribution in [3.63, 3.8) is 0 Å². The number of rotatable bonds is 4. The first-order valence-corrected chi connectivity index (χ1v) is 12.9. The largest absolute Gasteiger partial charge is 0.488 e. The molecule has 38 heavy (non-hydrogen) atoms. The molecule has 0 radical (unpaired) electrons. The van der Waals surface area contributed by atoms with Crippen LogP contribution in [0.1, 0.15) is 59.7 Å². The molecule has 2 saturated carbocycles. The lowest BCUT2D eigenvalue weighted by molar-refractivity contribution is -0.0889. The smallest absolute Gasteiger partial charge is 0.249 e. The van der Waals surface area contributed by atoms with Crippen LogP contribution in [0.3, 0.4) is 0 Å². The average Bonchev–Trinajstić information content (AvgIpc) is 3.68.